The van der Waals surface area contributed by atoms with Gasteiger partial charge >= 0.3 is 0 Å². The highest BCUT2D eigenvalue weighted by molar-refractivity contribution is 5.97. The molecule has 1 fully saturated rings. The van der Waals surface area contributed by atoms with Crippen molar-refractivity contribution < 1.29 is 4.79 Å². The molecule has 1 aromatic heterocycles. The number of Topliss-reactive ketones (excluding diaryl/α,β-unsaturated/α-hetero) is 1. The maximum absolute atomic E-state index is 12.5. The minimum absolute atomic E-state index is 0.0521. The topological polar surface area (TPSA) is 47.2 Å². The Morgan fingerprint density at radius 3 is 2.71 bits per heavy atom. The molecule has 1 heterocycles. The van der Waals surface area contributed by atoms with Gasteiger partial charge in [-0.25, -0.2) is 4.98 Å². The summed E-state index contributed by atoms with van der Waals surface area (Å²) in [5.74, 6) is 0.946. The van der Waals surface area contributed by atoms with Gasteiger partial charge in [-0.15, -0.1) is 0 Å². The van der Waals surface area contributed by atoms with Gasteiger partial charge < -0.3 is 9.56 Å². The largest absolute Gasteiger partial charge is 0.325 e. The molecule has 114 valence electrons. The monoisotopic (exact) mass is 287 g/mol. The Kier molecular flexibility index (Phi) is 3.72. The van der Waals surface area contributed by atoms with E-state index in [2.05, 4.69) is 35.1 Å². The Labute approximate surface area is 126 Å². The van der Waals surface area contributed by atoms with Gasteiger partial charge in [0.2, 0.25) is 0 Å². The molecule has 21 heavy (non-hydrogen) atoms. The Balaban J connectivity index is 1.78. The Bertz CT molecular complexity index is 550. The van der Waals surface area contributed by atoms with Crippen LogP contribution in [-0.4, -0.2) is 28.6 Å². The summed E-state index contributed by atoms with van der Waals surface area (Å²) in [6, 6.07) is 0.437. The van der Waals surface area contributed by atoms with E-state index in [0.717, 1.165) is 37.2 Å². The lowest BCUT2D eigenvalue weighted by molar-refractivity contribution is 0.0895. The second kappa shape index (κ2) is 5.39. The first-order valence-corrected chi connectivity index (χ1v) is 8.01. The normalized spacial score (nSPS) is 28.2. The van der Waals surface area contributed by atoms with Crippen molar-refractivity contribution in [2.24, 2.45) is 16.3 Å². The summed E-state index contributed by atoms with van der Waals surface area (Å²) in [7, 11) is 0. The van der Waals surface area contributed by atoms with Crippen LogP contribution >= 0.6 is 0 Å². The van der Waals surface area contributed by atoms with Crippen LogP contribution in [0.5, 0.6) is 0 Å². The van der Waals surface area contributed by atoms with Crippen molar-refractivity contribution in [3.8, 4) is 0 Å². The lowest BCUT2D eigenvalue weighted by Crippen LogP contribution is -2.30. The van der Waals surface area contributed by atoms with Gasteiger partial charge in [-0.05, 0) is 50.2 Å². The molecule has 0 spiro atoms. The van der Waals surface area contributed by atoms with Crippen LogP contribution in [0, 0.1) is 11.3 Å². The molecule has 0 radical (unpaired) electrons. The molecule has 0 saturated heterocycles. The first kappa shape index (κ1) is 14.5. The molecule has 2 aliphatic carbocycles. The van der Waals surface area contributed by atoms with E-state index < -0.39 is 0 Å². The van der Waals surface area contributed by atoms with E-state index in [-0.39, 0.29) is 11.2 Å². The Morgan fingerprint density at radius 2 is 2.05 bits per heavy atom. The van der Waals surface area contributed by atoms with Crippen LogP contribution in [0.25, 0.3) is 0 Å². The first-order valence-electron chi connectivity index (χ1n) is 8.01. The van der Waals surface area contributed by atoms with Gasteiger partial charge in [0, 0.05) is 19.0 Å². The van der Waals surface area contributed by atoms with Crippen molar-refractivity contribution >= 4 is 12.5 Å². The fourth-order valence-electron chi connectivity index (χ4n) is 3.93. The molecule has 0 amide bonds. The molecular formula is C17H25N3O. The van der Waals surface area contributed by atoms with E-state index in [1.54, 1.807) is 0 Å². The Morgan fingerprint density at radius 1 is 1.33 bits per heavy atom. The Hall–Kier alpha value is -1.45. The lowest BCUT2D eigenvalue weighted by atomic mass is 9.77. The number of hydrogen-bond acceptors (Lipinski definition) is 3. The molecule has 0 N–H and O–H groups in total. The number of aliphatic imine (C=N–C) groups is 1. The lowest BCUT2D eigenvalue weighted by Gasteiger charge is -2.32. The van der Waals surface area contributed by atoms with Crippen LogP contribution in [-0.2, 0) is 6.42 Å². The van der Waals surface area contributed by atoms with E-state index in [1.165, 1.54) is 12.8 Å². The van der Waals surface area contributed by atoms with E-state index in [9.17, 15) is 4.79 Å². The van der Waals surface area contributed by atoms with Gasteiger partial charge in [-0.3, -0.25) is 4.79 Å². The second-order valence-electron chi connectivity index (χ2n) is 7.47. The average molecular weight is 287 g/mol. The predicted octanol–water partition coefficient (Wildman–Crippen LogP) is 3.47. The van der Waals surface area contributed by atoms with Crippen molar-refractivity contribution in [1.29, 1.82) is 0 Å². The van der Waals surface area contributed by atoms with E-state index in [1.807, 2.05) is 6.33 Å². The summed E-state index contributed by atoms with van der Waals surface area (Å²) < 4.78 is 2.17. The third-order valence-electron chi connectivity index (χ3n) is 5.02. The highest BCUT2D eigenvalue weighted by Crippen LogP contribution is 2.38. The molecule has 0 bridgehead atoms. The van der Waals surface area contributed by atoms with Crippen molar-refractivity contribution in [1.82, 2.24) is 9.55 Å². The number of imidazole rings is 1. The van der Waals surface area contributed by atoms with Gasteiger partial charge in [0.05, 0.1) is 12.0 Å². The number of hydrogen-bond donors (Lipinski definition) is 0. The highest BCUT2D eigenvalue weighted by atomic mass is 16.1. The van der Waals surface area contributed by atoms with Crippen LogP contribution in [0.1, 0.15) is 68.2 Å². The third-order valence-corrected chi connectivity index (χ3v) is 5.02. The number of ketones is 1. The maximum atomic E-state index is 12.5. The molecule has 4 nitrogen and oxygen atoms in total. The zero-order valence-corrected chi connectivity index (χ0v) is 13.1. The highest BCUT2D eigenvalue weighted by Gasteiger charge is 2.36. The quantitative estimate of drug-likeness (QED) is 0.799. The summed E-state index contributed by atoms with van der Waals surface area (Å²) in [5.41, 5.74) is 1.95. The smallest absolute Gasteiger partial charge is 0.181 e. The van der Waals surface area contributed by atoms with Gasteiger partial charge in [-0.2, -0.15) is 0 Å². The van der Waals surface area contributed by atoms with Gasteiger partial charge in [0.15, 0.2) is 5.78 Å². The maximum Gasteiger partial charge on any atom is 0.181 e. The predicted molar refractivity (Wildman–Crippen MR) is 84.1 cm³/mol. The molecule has 0 atom stereocenters. The van der Waals surface area contributed by atoms with E-state index in [4.69, 9.17) is 0 Å². The second-order valence-corrected chi connectivity index (χ2v) is 7.47. The van der Waals surface area contributed by atoms with Gasteiger partial charge in [0.25, 0.3) is 0 Å². The number of fused-ring (bicyclic) bond motifs is 1. The van der Waals surface area contributed by atoms with Crippen molar-refractivity contribution in [2.75, 3.05) is 6.54 Å². The van der Waals surface area contributed by atoms with Crippen molar-refractivity contribution in [2.45, 2.75) is 58.4 Å². The minimum Gasteiger partial charge on any atom is -0.325 e. The summed E-state index contributed by atoms with van der Waals surface area (Å²) in [6.07, 6.45) is 8.06. The zero-order valence-electron chi connectivity index (χ0n) is 13.1. The number of carbonyl (C=O) groups excluding carboxylic acids is 1. The molecule has 2 aliphatic rings. The number of aromatic nitrogens is 2. The molecular weight excluding hydrogens is 262 g/mol. The zero-order chi connectivity index (χ0) is 15.0. The van der Waals surface area contributed by atoms with Crippen molar-refractivity contribution in [3.63, 3.8) is 0 Å². The molecule has 0 aliphatic heterocycles. The van der Waals surface area contributed by atoms with Gasteiger partial charge in [0.1, 0.15) is 5.69 Å². The number of carbonyl (C=O) groups is 1. The van der Waals surface area contributed by atoms with Crippen LogP contribution < -0.4 is 0 Å². The van der Waals surface area contributed by atoms with Crippen LogP contribution in [0.3, 0.4) is 0 Å². The molecule has 3 rings (SSSR count). The standard InChI is InChI=1S/C17H25N3O/c1-17(2)8-14-16(15(21)9-17)20(11-19-14)13-6-4-12(5-7-13)10-18-3/h11-13H,3-10H2,1-2H3/t12-,13+. The molecule has 0 aromatic carbocycles. The van der Waals surface area contributed by atoms with Crippen molar-refractivity contribution in [3.05, 3.63) is 17.7 Å². The third kappa shape index (κ3) is 2.81. The van der Waals surface area contributed by atoms with Crippen LogP contribution in [0.4, 0.5) is 0 Å². The molecule has 1 saturated carbocycles. The summed E-state index contributed by atoms with van der Waals surface area (Å²) >= 11 is 0. The van der Waals surface area contributed by atoms with E-state index in [0.29, 0.717) is 18.4 Å². The average Bonchev–Trinajstić information content (AvgIpc) is 2.82. The first-order chi connectivity index (χ1) is 10.00. The summed E-state index contributed by atoms with van der Waals surface area (Å²) in [5, 5.41) is 0. The van der Waals surface area contributed by atoms with Crippen LogP contribution in [0.15, 0.2) is 11.3 Å². The number of nitrogens with zero attached hydrogens (tertiary/aromatic N) is 3. The SMILES string of the molecule is C=NC[C@H]1CC[C@@H](n2cnc3c2C(=O)CC(C)(C)C3)CC1. The van der Waals surface area contributed by atoms with Crippen LogP contribution in [0.2, 0.25) is 0 Å². The van der Waals surface area contributed by atoms with Gasteiger partial charge in [-0.1, -0.05) is 13.8 Å². The fraction of sp³-hybridized carbons (Fsp3) is 0.706. The summed E-state index contributed by atoms with van der Waals surface area (Å²) in [4.78, 5) is 21.1. The van der Waals surface area contributed by atoms with E-state index >= 15 is 0 Å². The molecule has 0 unspecified atom stereocenters. The number of rotatable bonds is 3. The molecule has 1 aromatic rings. The minimum atomic E-state index is 0.0521. The molecule has 4 heteroatoms. The summed E-state index contributed by atoms with van der Waals surface area (Å²) in [6.45, 7) is 8.78. The fourth-order valence-corrected chi connectivity index (χ4v) is 3.93.